The molecule has 0 radical (unpaired) electrons. The lowest BCUT2D eigenvalue weighted by Crippen LogP contribution is -1.83. The molecule has 0 aliphatic carbocycles. The predicted molar refractivity (Wildman–Crippen MR) is 41.9 cm³/mol. The molecule has 2 aromatic rings. The van der Waals surface area contributed by atoms with Crippen molar-refractivity contribution in [3.63, 3.8) is 0 Å². The van der Waals surface area contributed by atoms with Crippen molar-refractivity contribution in [2.24, 2.45) is 0 Å². The van der Waals surface area contributed by atoms with Crippen LogP contribution < -0.4 is 5.73 Å². The van der Waals surface area contributed by atoms with E-state index in [1.807, 2.05) is 0 Å². The van der Waals surface area contributed by atoms with Crippen LogP contribution in [0.15, 0.2) is 29.1 Å². The van der Waals surface area contributed by atoms with Gasteiger partial charge in [0.25, 0.3) is 6.01 Å². The van der Waals surface area contributed by atoms with E-state index < -0.39 is 0 Å². The first-order chi connectivity index (χ1) is 5.86. The van der Waals surface area contributed by atoms with Gasteiger partial charge >= 0.3 is 0 Å². The van der Waals surface area contributed by atoms with E-state index in [1.165, 1.54) is 6.20 Å². The van der Waals surface area contributed by atoms with Crippen LogP contribution in [0.25, 0.3) is 11.6 Å². The Morgan fingerprint density at radius 3 is 2.50 bits per heavy atom. The molecule has 0 aromatic carbocycles. The maximum absolute atomic E-state index is 5.28. The Hall–Kier alpha value is -1.91. The van der Waals surface area contributed by atoms with Gasteiger partial charge in [-0.05, 0) is 6.07 Å². The Morgan fingerprint density at radius 1 is 1.17 bits per heavy atom. The highest BCUT2D eigenvalue weighted by Crippen LogP contribution is 2.15. The molecule has 0 fully saturated rings. The SMILES string of the molecule is Nc1ncc(-c2ncccn2)o1. The van der Waals surface area contributed by atoms with E-state index in [9.17, 15) is 0 Å². The average Bonchev–Trinajstić information content (AvgIpc) is 2.54. The third kappa shape index (κ3) is 1.12. The van der Waals surface area contributed by atoms with Gasteiger partial charge in [-0.2, -0.15) is 0 Å². The first kappa shape index (κ1) is 6.78. The van der Waals surface area contributed by atoms with Crippen molar-refractivity contribution in [2.75, 3.05) is 5.73 Å². The zero-order valence-electron chi connectivity index (χ0n) is 6.14. The summed E-state index contributed by atoms with van der Waals surface area (Å²) in [7, 11) is 0. The number of nitrogens with two attached hydrogens (primary N) is 1. The van der Waals surface area contributed by atoms with E-state index in [-0.39, 0.29) is 6.01 Å². The van der Waals surface area contributed by atoms with Crippen LogP contribution in [0, 0.1) is 0 Å². The molecular weight excluding hydrogens is 156 g/mol. The van der Waals surface area contributed by atoms with E-state index in [1.54, 1.807) is 18.5 Å². The fraction of sp³-hybridized carbons (Fsp3) is 0. The number of hydrogen-bond donors (Lipinski definition) is 1. The summed E-state index contributed by atoms with van der Waals surface area (Å²) in [5, 5.41) is 0. The maximum Gasteiger partial charge on any atom is 0.292 e. The monoisotopic (exact) mass is 162 g/mol. The van der Waals surface area contributed by atoms with E-state index >= 15 is 0 Å². The van der Waals surface area contributed by atoms with E-state index in [0.717, 1.165) is 0 Å². The summed E-state index contributed by atoms with van der Waals surface area (Å²) in [6.07, 6.45) is 4.74. The molecule has 5 heteroatoms. The highest BCUT2D eigenvalue weighted by atomic mass is 16.4. The average molecular weight is 162 g/mol. The zero-order chi connectivity index (χ0) is 8.39. The lowest BCUT2D eigenvalue weighted by molar-refractivity contribution is 0.589. The van der Waals surface area contributed by atoms with E-state index in [2.05, 4.69) is 15.0 Å². The smallest absolute Gasteiger partial charge is 0.292 e. The van der Waals surface area contributed by atoms with Gasteiger partial charge in [0.15, 0.2) is 11.6 Å². The van der Waals surface area contributed by atoms with Gasteiger partial charge in [0.05, 0.1) is 6.20 Å². The predicted octanol–water partition coefficient (Wildman–Crippen LogP) is 0.714. The molecule has 2 aromatic heterocycles. The molecule has 0 atom stereocenters. The largest absolute Gasteiger partial charge is 0.420 e. The first-order valence-electron chi connectivity index (χ1n) is 3.35. The Morgan fingerprint density at radius 2 is 1.92 bits per heavy atom. The summed E-state index contributed by atoms with van der Waals surface area (Å²) < 4.78 is 5.01. The van der Waals surface area contributed by atoms with Crippen molar-refractivity contribution in [3.8, 4) is 11.6 Å². The molecule has 12 heavy (non-hydrogen) atoms. The molecule has 60 valence electrons. The van der Waals surface area contributed by atoms with Gasteiger partial charge in [0, 0.05) is 12.4 Å². The van der Waals surface area contributed by atoms with Crippen molar-refractivity contribution in [3.05, 3.63) is 24.7 Å². The fourth-order valence-corrected chi connectivity index (χ4v) is 0.817. The van der Waals surface area contributed by atoms with Crippen LogP contribution in [0.5, 0.6) is 0 Å². The third-order valence-corrected chi connectivity index (χ3v) is 1.31. The van der Waals surface area contributed by atoms with Crippen molar-refractivity contribution in [1.29, 1.82) is 0 Å². The van der Waals surface area contributed by atoms with Gasteiger partial charge in [-0.25, -0.2) is 15.0 Å². The van der Waals surface area contributed by atoms with Crippen LogP contribution in [0.3, 0.4) is 0 Å². The van der Waals surface area contributed by atoms with Crippen LogP contribution in [-0.4, -0.2) is 15.0 Å². The van der Waals surface area contributed by atoms with Crippen molar-refractivity contribution >= 4 is 6.01 Å². The topological polar surface area (TPSA) is 77.8 Å². The molecule has 0 saturated heterocycles. The molecular formula is C7H6N4O. The van der Waals surface area contributed by atoms with E-state index in [4.69, 9.17) is 10.2 Å². The lowest BCUT2D eigenvalue weighted by atomic mass is 10.5. The Kier molecular flexibility index (Phi) is 1.48. The van der Waals surface area contributed by atoms with Crippen molar-refractivity contribution < 1.29 is 4.42 Å². The quantitative estimate of drug-likeness (QED) is 0.668. The molecule has 0 spiro atoms. The Balaban J connectivity index is 2.45. The lowest BCUT2D eigenvalue weighted by Gasteiger charge is -1.90. The molecule has 2 N–H and O–H groups in total. The summed E-state index contributed by atoms with van der Waals surface area (Å²) in [6, 6.07) is 1.85. The minimum Gasteiger partial charge on any atom is -0.420 e. The highest BCUT2D eigenvalue weighted by Gasteiger charge is 2.04. The number of nitrogens with zero attached hydrogens (tertiary/aromatic N) is 3. The van der Waals surface area contributed by atoms with Gasteiger partial charge in [-0.3, -0.25) is 0 Å². The second-order valence-electron chi connectivity index (χ2n) is 2.14. The van der Waals surface area contributed by atoms with Gasteiger partial charge in [-0.15, -0.1) is 0 Å². The molecule has 0 unspecified atom stereocenters. The molecule has 0 bridgehead atoms. The number of hydrogen-bond acceptors (Lipinski definition) is 5. The number of anilines is 1. The summed E-state index contributed by atoms with van der Waals surface area (Å²) in [5.74, 6) is 0.967. The van der Waals surface area contributed by atoms with Crippen LogP contribution in [-0.2, 0) is 0 Å². The second-order valence-corrected chi connectivity index (χ2v) is 2.14. The maximum atomic E-state index is 5.28. The number of rotatable bonds is 1. The minimum atomic E-state index is 0.123. The van der Waals surface area contributed by atoms with Crippen LogP contribution >= 0.6 is 0 Å². The number of nitrogen functional groups attached to an aromatic ring is 1. The standard InChI is InChI=1S/C7H6N4O/c8-7-11-4-5(12-7)6-9-2-1-3-10-6/h1-4H,(H2,8,11). The summed E-state index contributed by atoms with van der Waals surface area (Å²) in [4.78, 5) is 11.6. The molecule has 0 aliphatic heterocycles. The molecule has 0 amide bonds. The second kappa shape index (κ2) is 2.61. The summed E-state index contributed by atoms with van der Waals surface area (Å²) in [6.45, 7) is 0. The molecule has 2 heterocycles. The van der Waals surface area contributed by atoms with Gasteiger partial charge < -0.3 is 10.2 Å². The Labute approximate surface area is 68.3 Å². The summed E-state index contributed by atoms with van der Waals surface area (Å²) in [5.41, 5.74) is 5.28. The zero-order valence-corrected chi connectivity index (χ0v) is 6.14. The van der Waals surface area contributed by atoms with Crippen LogP contribution in [0.2, 0.25) is 0 Å². The third-order valence-electron chi connectivity index (χ3n) is 1.31. The van der Waals surface area contributed by atoms with Crippen LogP contribution in [0.1, 0.15) is 0 Å². The molecule has 5 nitrogen and oxygen atoms in total. The van der Waals surface area contributed by atoms with E-state index in [0.29, 0.717) is 11.6 Å². The minimum absolute atomic E-state index is 0.123. The van der Waals surface area contributed by atoms with Crippen molar-refractivity contribution in [1.82, 2.24) is 15.0 Å². The highest BCUT2D eigenvalue weighted by molar-refractivity contribution is 5.45. The van der Waals surface area contributed by atoms with Gasteiger partial charge in [-0.1, -0.05) is 0 Å². The van der Waals surface area contributed by atoms with Gasteiger partial charge in [0.1, 0.15) is 0 Å². The normalized spacial score (nSPS) is 10.0. The van der Waals surface area contributed by atoms with Crippen LogP contribution in [0.4, 0.5) is 6.01 Å². The fourth-order valence-electron chi connectivity index (χ4n) is 0.817. The Bertz CT molecular complexity index is 370. The van der Waals surface area contributed by atoms with Gasteiger partial charge in [0.2, 0.25) is 0 Å². The molecule has 0 aliphatic rings. The molecule has 2 rings (SSSR count). The summed E-state index contributed by atoms with van der Waals surface area (Å²) >= 11 is 0. The number of aromatic nitrogens is 3. The molecule has 0 saturated carbocycles. The number of oxazole rings is 1. The van der Waals surface area contributed by atoms with Crippen molar-refractivity contribution in [2.45, 2.75) is 0 Å². The first-order valence-corrected chi connectivity index (χ1v) is 3.35.